The number of pyridine rings is 1. The van der Waals surface area contributed by atoms with Crippen LogP contribution in [-0.4, -0.2) is 41.0 Å². The highest BCUT2D eigenvalue weighted by Gasteiger charge is 2.15. The molecule has 2 heterocycles. The van der Waals surface area contributed by atoms with Gasteiger partial charge in [0.15, 0.2) is 5.82 Å². The van der Waals surface area contributed by atoms with Crippen LogP contribution in [0.2, 0.25) is 25.7 Å². The summed E-state index contributed by atoms with van der Waals surface area (Å²) in [6.45, 7) is 10.4. The fourth-order valence-electron chi connectivity index (χ4n) is 2.75. The third-order valence-corrected chi connectivity index (χ3v) is 6.10. The zero-order valence-corrected chi connectivity index (χ0v) is 18.4. The summed E-state index contributed by atoms with van der Waals surface area (Å²) < 4.78 is 13.1. The van der Waals surface area contributed by atoms with Crippen LogP contribution in [0.3, 0.4) is 0 Å². The van der Waals surface area contributed by atoms with E-state index in [-0.39, 0.29) is 5.56 Å². The number of hydrogen-bond acceptors (Lipinski definition) is 5. The van der Waals surface area contributed by atoms with Gasteiger partial charge < -0.3 is 14.5 Å². The first kappa shape index (κ1) is 21.0. The van der Waals surface area contributed by atoms with E-state index in [0.29, 0.717) is 31.8 Å². The molecule has 0 radical (unpaired) electrons. The first-order valence-corrected chi connectivity index (χ1v) is 13.5. The Kier molecular flexibility index (Phi) is 6.66. The molecule has 3 aromatic rings. The predicted octanol–water partition coefficient (Wildman–Crippen LogP) is 4.01. The van der Waals surface area contributed by atoms with Crippen LogP contribution < -0.4 is 10.3 Å². The number of aromatic amines is 1. The molecule has 0 saturated carbocycles. The Morgan fingerprint density at radius 1 is 1.03 bits per heavy atom. The number of rotatable bonds is 9. The number of nitrogens with zero attached hydrogens (tertiary/aromatic N) is 3. The zero-order chi connectivity index (χ0) is 20.9. The van der Waals surface area contributed by atoms with Crippen LogP contribution in [0.1, 0.15) is 6.92 Å². The Morgan fingerprint density at radius 2 is 1.72 bits per heavy atom. The van der Waals surface area contributed by atoms with Crippen molar-refractivity contribution in [2.45, 2.75) is 39.3 Å². The van der Waals surface area contributed by atoms with Crippen LogP contribution in [0.25, 0.3) is 22.5 Å². The summed E-state index contributed by atoms with van der Waals surface area (Å²) in [5.41, 5.74) is 2.76. The maximum Gasteiger partial charge on any atom is 0.336 e. The van der Waals surface area contributed by atoms with Gasteiger partial charge >= 0.3 is 6.01 Å². The zero-order valence-electron chi connectivity index (χ0n) is 17.4. The summed E-state index contributed by atoms with van der Waals surface area (Å²) >= 11 is 0. The molecular formula is C21H28N4O3Si. The molecular weight excluding hydrogens is 384 g/mol. The molecule has 0 amide bonds. The van der Waals surface area contributed by atoms with Gasteiger partial charge in [0.2, 0.25) is 5.56 Å². The van der Waals surface area contributed by atoms with Crippen LogP contribution in [-0.2, 0) is 11.5 Å². The third-order valence-electron chi connectivity index (χ3n) is 4.40. The minimum absolute atomic E-state index is 0.115. The van der Waals surface area contributed by atoms with Crippen molar-refractivity contribution in [2.75, 3.05) is 13.2 Å². The number of aromatic nitrogens is 4. The van der Waals surface area contributed by atoms with Crippen molar-refractivity contribution in [3.63, 3.8) is 0 Å². The number of benzene rings is 1. The lowest BCUT2D eigenvalue weighted by Gasteiger charge is -2.15. The molecule has 154 valence electrons. The van der Waals surface area contributed by atoms with Gasteiger partial charge in [-0.15, -0.1) is 5.10 Å². The molecule has 0 atom stereocenters. The normalized spacial score (nSPS) is 11.6. The average molecular weight is 413 g/mol. The maximum absolute atomic E-state index is 11.3. The van der Waals surface area contributed by atoms with E-state index >= 15 is 0 Å². The molecule has 0 spiro atoms. The monoisotopic (exact) mass is 412 g/mol. The second kappa shape index (κ2) is 9.19. The smallest absolute Gasteiger partial charge is 0.336 e. The van der Waals surface area contributed by atoms with Crippen molar-refractivity contribution in [1.82, 2.24) is 19.7 Å². The molecule has 1 N–H and O–H groups in total. The highest BCUT2D eigenvalue weighted by molar-refractivity contribution is 6.76. The van der Waals surface area contributed by atoms with E-state index in [4.69, 9.17) is 9.47 Å². The van der Waals surface area contributed by atoms with Crippen molar-refractivity contribution in [3.05, 3.63) is 52.9 Å². The molecule has 8 heteroatoms. The fourth-order valence-corrected chi connectivity index (χ4v) is 3.50. The second-order valence-electron chi connectivity index (χ2n) is 8.02. The average Bonchev–Trinajstić information content (AvgIpc) is 3.08. The highest BCUT2D eigenvalue weighted by Crippen LogP contribution is 2.24. The Morgan fingerprint density at radius 3 is 2.34 bits per heavy atom. The predicted molar refractivity (Wildman–Crippen MR) is 117 cm³/mol. The number of H-pyrrole nitrogens is 1. The van der Waals surface area contributed by atoms with Crippen LogP contribution in [0, 0.1) is 0 Å². The van der Waals surface area contributed by atoms with Gasteiger partial charge in [0.1, 0.15) is 6.73 Å². The van der Waals surface area contributed by atoms with E-state index < -0.39 is 8.07 Å². The van der Waals surface area contributed by atoms with Crippen molar-refractivity contribution < 1.29 is 9.47 Å². The SMILES string of the molecule is CCOc1nc(-c2ccc(-c3ccc(=O)[nH]c3)cc2)n(COCC[Si](C)(C)C)n1. The third kappa shape index (κ3) is 5.88. The van der Waals surface area contributed by atoms with Crippen molar-refractivity contribution in [1.29, 1.82) is 0 Å². The van der Waals surface area contributed by atoms with Gasteiger partial charge in [-0.1, -0.05) is 43.9 Å². The first-order valence-electron chi connectivity index (χ1n) is 9.80. The van der Waals surface area contributed by atoms with Gasteiger partial charge in [0, 0.05) is 32.5 Å². The molecule has 7 nitrogen and oxygen atoms in total. The van der Waals surface area contributed by atoms with E-state index in [1.54, 1.807) is 16.9 Å². The molecule has 29 heavy (non-hydrogen) atoms. The maximum atomic E-state index is 11.3. The van der Waals surface area contributed by atoms with Crippen molar-refractivity contribution >= 4 is 8.07 Å². The van der Waals surface area contributed by atoms with Crippen LogP contribution in [0.15, 0.2) is 47.4 Å². The van der Waals surface area contributed by atoms with E-state index in [2.05, 4.69) is 34.7 Å². The van der Waals surface area contributed by atoms with E-state index in [0.717, 1.165) is 22.7 Å². The summed E-state index contributed by atoms with van der Waals surface area (Å²) in [7, 11) is -1.14. The number of ether oxygens (including phenoxy) is 2. The lowest BCUT2D eigenvalue weighted by Crippen LogP contribution is -2.22. The van der Waals surface area contributed by atoms with Gasteiger partial charge in [-0.05, 0) is 30.2 Å². The van der Waals surface area contributed by atoms with Gasteiger partial charge in [-0.2, -0.15) is 4.98 Å². The Bertz CT molecular complexity index is 970. The van der Waals surface area contributed by atoms with Gasteiger partial charge in [0.25, 0.3) is 0 Å². The molecule has 3 rings (SSSR count). The van der Waals surface area contributed by atoms with Gasteiger partial charge in [-0.3, -0.25) is 4.79 Å². The van der Waals surface area contributed by atoms with Crippen LogP contribution in [0.5, 0.6) is 6.01 Å². The molecule has 0 fully saturated rings. The highest BCUT2D eigenvalue weighted by atomic mass is 28.3. The van der Waals surface area contributed by atoms with Crippen molar-refractivity contribution in [3.8, 4) is 28.5 Å². The van der Waals surface area contributed by atoms with Gasteiger partial charge in [0.05, 0.1) is 6.61 Å². The Labute approximate surface area is 171 Å². The van der Waals surface area contributed by atoms with Crippen LogP contribution >= 0.6 is 0 Å². The summed E-state index contributed by atoms with van der Waals surface area (Å²) in [4.78, 5) is 18.5. The Balaban J connectivity index is 1.79. The second-order valence-corrected chi connectivity index (χ2v) is 13.6. The van der Waals surface area contributed by atoms with E-state index in [1.165, 1.54) is 6.07 Å². The molecule has 0 aliphatic rings. The standard InChI is InChI=1S/C21H28N4O3Si/c1-5-28-21-23-20(25(24-21)15-27-12-13-29(2,3)4)17-8-6-16(7-9-17)18-10-11-19(26)22-14-18/h6-11,14H,5,12-13,15H2,1-4H3,(H,22,26). The van der Waals surface area contributed by atoms with Crippen molar-refractivity contribution in [2.24, 2.45) is 0 Å². The number of hydrogen-bond donors (Lipinski definition) is 1. The number of nitrogens with one attached hydrogen (secondary N) is 1. The Hall–Kier alpha value is -2.71. The first-order chi connectivity index (χ1) is 13.9. The lowest BCUT2D eigenvalue weighted by atomic mass is 10.1. The summed E-state index contributed by atoms with van der Waals surface area (Å²) in [5, 5.41) is 4.43. The molecule has 0 aliphatic carbocycles. The quantitative estimate of drug-likeness (QED) is 0.424. The van der Waals surface area contributed by atoms with E-state index in [9.17, 15) is 4.79 Å². The summed E-state index contributed by atoms with van der Waals surface area (Å²) in [6.07, 6.45) is 1.71. The molecule has 1 aromatic carbocycles. The topological polar surface area (TPSA) is 82.0 Å². The largest absolute Gasteiger partial charge is 0.463 e. The minimum Gasteiger partial charge on any atom is -0.463 e. The molecule has 0 unspecified atom stereocenters. The van der Waals surface area contributed by atoms with Crippen LogP contribution in [0.4, 0.5) is 0 Å². The minimum atomic E-state index is -1.14. The summed E-state index contributed by atoms with van der Waals surface area (Å²) in [5.74, 6) is 0.703. The summed E-state index contributed by atoms with van der Waals surface area (Å²) in [6, 6.07) is 12.7. The molecule has 0 aliphatic heterocycles. The molecule has 2 aromatic heterocycles. The van der Waals surface area contributed by atoms with E-state index in [1.807, 2.05) is 31.2 Å². The fraction of sp³-hybridized carbons (Fsp3) is 0.381. The van der Waals surface area contributed by atoms with Gasteiger partial charge in [-0.25, -0.2) is 4.68 Å². The molecule has 0 saturated heterocycles. The lowest BCUT2D eigenvalue weighted by molar-refractivity contribution is 0.0786. The molecule has 0 bridgehead atoms.